The third-order valence-electron chi connectivity index (χ3n) is 3.78. The zero-order chi connectivity index (χ0) is 16.0. The second-order valence-electron chi connectivity index (χ2n) is 5.55. The minimum Gasteiger partial charge on any atom is -0.493 e. The molecule has 1 saturated carbocycles. The highest BCUT2D eigenvalue weighted by atomic mass is 16.5. The third-order valence-corrected chi connectivity index (χ3v) is 3.78. The van der Waals surface area contributed by atoms with Gasteiger partial charge in [-0.3, -0.25) is 0 Å². The summed E-state index contributed by atoms with van der Waals surface area (Å²) in [6.07, 6.45) is 9.97. The number of nitrogens with two attached hydrogens (primary N) is 1. The average Bonchev–Trinajstić information content (AvgIpc) is 2.58. The van der Waals surface area contributed by atoms with Crippen molar-refractivity contribution >= 4 is 0 Å². The lowest BCUT2D eigenvalue weighted by Crippen LogP contribution is -2.19. The van der Waals surface area contributed by atoms with Crippen LogP contribution in [0.4, 0.5) is 0 Å². The highest BCUT2D eigenvalue weighted by Crippen LogP contribution is 2.26. The molecule has 3 nitrogen and oxygen atoms in total. The fraction of sp³-hybridized carbons (Fsp3) is 0.684. The Kier molecular flexibility index (Phi) is 10.6. The van der Waals surface area contributed by atoms with Crippen LogP contribution in [0.25, 0.3) is 0 Å². The number of hydrogen-bond donors (Lipinski definition) is 1. The molecule has 0 radical (unpaired) electrons. The van der Waals surface area contributed by atoms with Gasteiger partial charge >= 0.3 is 0 Å². The second-order valence-corrected chi connectivity index (χ2v) is 5.55. The van der Waals surface area contributed by atoms with E-state index in [2.05, 4.69) is 0 Å². The van der Waals surface area contributed by atoms with Crippen molar-refractivity contribution in [2.45, 2.75) is 71.3 Å². The molecule has 0 unspecified atom stereocenters. The second kappa shape index (κ2) is 12.3. The van der Waals surface area contributed by atoms with Crippen molar-refractivity contribution in [3.63, 3.8) is 0 Å². The predicted molar refractivity (Wildman–Crippen MR) is 93.7 cm³/mol. The van der Waals surface area contributed by atoms with Gasteiger partial charge in [-0.15, -0.1) is 0 Å². The Morgan fingerprint density at radius 1 is 1.00 bits per heavy atom. The largest absolute Gasteiger partial charge is 0.493 e. The van der Waals surface area contributed by atoms with Crippen molar-refractivity contribution in [2.24, 2.45) is 5.73 Å². The van der Waals surface area contributed by atoms with Gasteiger partial charge in [-0.25, -0.2) is 0 Å². The molecule has 1 aromatic rings. The van der Waals surface area contributed by atoms with Crippen molar-refractivity contribution in [3.05, 3.63) is 24.3 Å². The first kappa shape index (κ1) is 18.8. The summed E-state index contributed by atoms with van der Waals surface area (Å²) in [5, 5.41) is 0. The first-order chi connectivity index (χ1) is 10.9. The summed E-state index contributed by atoms with van der Waals surface area (Å²) in [6.45, 7) is 5.53. The standard InChI is InChI=1S/C17H27NO2.C2H6/c18-12-5-2-6-13-19-16-10-7-11-17(14-16)20-15-8-3-1-4-9-15;1-2/h7,10-11,14-15H,1-6,8-9,12-13,18H2;1-2H3. The van der Waals surface area contributed by atoms with Crippen LogP contribution in [0.5, 0.6) is 11.5 Å². The molecule has 0 saturated heterocycles. The van der Waals surface area contributed by atoms with E-state index < -0.39 is 0 Å². The zero-order valence-electron chi connectivity index (χ0n) is 14.4. The molecule has 1 aliphatic carbocycles. The number of hydrogen-bond acceptors (Lipinski definition) is 3. The SMILES string of the molecule is CC.NCCCCCOc1cccc(OC2CCCCC2)c1. The van der Waals surface area contributed by atoms with Gasteiger partial charge in [0, 0.05) is 6.07 Å². The molecule has 126 valence electrons. The summed E-state index contributed by atoms with van der Waals surface area (Å²) in [4.78, 5) is 0. The highest BCUT2D eigenvalue weighted by Gasteiger charge is 2.14. The molecule has 0 spiro atoms. The molecule has 2 rings (SSSR count). The Labute approximate surface area is 136 Å². The molecule has 22 heavy (non-hydrogen) atoms. The van der Waals surface area contributed by atoms with Crippen molar-refractivity contribution in [1.82, 2.24) is 0 Å². The van der Waals surface area contributed by atoms with Gasteiger partial charge in [-0.2, -0.15) is 0 Å². The van der Waals surface area contributed by atoms with Gasteiger partial charge in [0.25, 0.3) is 0 Å². The molecule has 1 fully saturated rings. The zero-order valence-corrected chi connectivity index (χ0v) is 14.4. The maximum Gasteiger partial charge on any atom is 0.123 e. The van der Waals surface area contributed by atoms with Crippen LogP contribution in [0, 0.1) is 0 Å². The summed E-state index contributed by atoms with van der Waals surface area (Å²) in [5.41, 5.74) is 5.47. The van der Waals surface area contributed by atoms with E-state index in [-0.39, 0.29) is 0 Å². The highest BCUT2D eigenvalue weighted by molar-refractivity contribution is 5.33. The average molecular weight is 307 g/mol. The molecule has 3 heteroatoms. The first-order valence-electron chi connectivity index (χ1n) is 8.98. The molecule has 0 aromatic heterocycles. The van der Waals surface area contributed by atoms with Crippen LogP contribution in [0.1, 0.15) is 65.2 Å². The summed E-state index contributed by atoms with van der Waals surface area (Å²) in [5.74, 6) is 1.85. The van der Waals surface area contributed by atoms with Crippen molar-refractivity contribution < 1.29 is 9.47 Å². The number of rotatable bonds is 8. The van der Waals surface area contributed by atoms with E-state index in [1.807, 2.05) is 38.1 Å². The van der Waals surface area contributed by atoms with Crippen molar-refractivity contribution in [3.8, 4) is 11.5 Å². The summed E-state index contributed by atoms with van der Waals surface area (Å²) < 4.78 is 11.8. The molecule has 0 aliphatic heterocycles. The maximum absolute atomic E-state index is 6.04. The molecule has 0 amide bonds. The lowest BCUT2D eigenvalue weighted by molar-refractivity contribution is 0.154. The van der Waals surface area contributed by atoms with Gasteiger partial charge in [-0.05, 0) is 63.6 Å². The van der Waals surface area contributed by atoms with E-state index >= 15 is 0 Å². The lowest BCUT2D eigenvalue weighted by Gasteiger charge is -2.23. The summed E-state index contributed by atoms with van der Waals surface area (Å²) >= 11 is 0. The number of benzene rings is 1. The molecule has 0 heterocycles. The van der Waals surface area contributed by atoms with E-state index in [1.54, 1.807) is 0 Å². The molecule has 0 atom stereocenters. The van der Waals surface area contributed by atoms with Gasteiger partial charge in [0.05, 0.1) is 12.7 Å². The number of ether oxygens (including phenoxy) is 2. The van der Waals surface area contributed by atoms with Crippen LogP contribution in [0.15, 0.2) is 24.3 Å². The van der Waals surface area contributed by atoms with Crippen LogP contribution in [-0.2, 0) is 0 Å². The minimum atomic E-state index is 0.392. The predicted octanol–water partition coefficient (Wildman–Crippen LogP) is 4.93. The monoisotopic (exact) mass is 307 g/mol. The fourth-order valence-electron chi connectivity index (χ4n) is 2.63. The maximum atomic E-state index is 6.04. The Morgan fingerprint density at radius 3 is 2.45 bits per heavy atom. The van der Waals surface area contributed by atoms with Gasteiger partial charge in [0.1, 0.15) is 11.5 Å². The summed E-state index contributed by atoms with van der Waals surface area (Å²) in [6, 6.07) is 8.04. The van der Waals surface area contributed by atoms with Gasteiger partial charge in [-0.1, -0.05) is 26.3 Å². The molecular weight excluding hydrogens is 274 g/mol. The van der Waals surface area contributed by atoms with Crippen LogP contribution in [0.3, 0.4) is 0 Å². The van der Waals surface area contributed by atoms with Gasteiger partial charge < -0.3 is 15.2 Å². The van der Waals surface area contributed by atoms with E-state index in [0.717, 1.165) is 43.9 Å². The topological polar surface area (TPSA) is 44.5 Å². The molecule has 0 bridgehead atoms. The molecule has 2 N–H and O–H groups in total. The molecule has 1 aromatic carbocycles. The van der Waals surface area contributed by atoms with E-state index in [0.29, 0.717) is 6.10 Å². The van der Waals surface area contributed by atoms with E-state index in [4.69, 9.17) is 15.2 Å². The summed E-state index contributed by atoms with van der Waals surface area (Å²) in [7, 11) is 0. The molecule has 1 aliphatic rings. The van der Waals surface area contributed by atoms with Crippen LogP contribution in [0.2, 0.25) is 0 Å². The minimum absolute atomic E-state index is 0.392. The van der Waals surface area contributed by atoms with Crippen molar-refractivity contribution in [1.29, 1.82) is 0 Å². The van der Waals surface area contributed by atoms with E-state index in [1.165, 1.54) is 32.1 Å². The Morgan fingerprint density at radius 2 is 1.73 bits per heavy atom. The Hall–Kier alpha value is -1.22. The Balaban J connectivity index is 0.00000116. The first-order valence-corrected chi connectivity index (χ1v) is 8.98. The number of unbranched alkanes of at least 4 members (excludes halogenated alkanes) is 2. The fourth-order valence-corrected chi connectivity index (χ4v) is 2.63. The lowest BCUT2D eigenvalue weighted by atomic mass is 9.98. The van der Waals surface area contributed by atoms with Crippen LogP contribution in [-0.4, -0.2) is 19.3 Å². The third kappa shape index (κ3) is 7.69. The van der Waals surface area contributed by atoms with Gasteiger partial charge in [0.2, 0.25) is 0 Å². The van der Waals surface area contributed by atoms with Crippen molar-refractivity contribution in [2.75, 3.05) is 13.2 Å². The van der Waals surface area contributed by atoms with Gasteiger partial charge in [0.15, 0.2) is 0 Å². The van der Waals surface area contributed by atoms with Crippen LogP contribution >= 0.6 is 0 Å². The van der Waals surface area contributed by atoms with Crippen LogP contribution < -0.4 is 15.2 Å². The Bertz CT molecular complexity index is 375. The van der Waals surface area contributed by atoms with E-state index in [9.17, 15) is 0 Å². The normalized spacial score (nSPS) is 14.9. The smallest absolute Gasteiger partial charge is 0.123 e. The molecular formula is C19H33NO2. The quantitative estimate of drug-likeness (QED) is 0.692.